The second-order valence-corrected chi connectivity index (χ2v) is 5.26. The molecular weight excluding hydrogens is 311 g/mol. The van der Waals surface area contributed by atoms with Crippen molar-refractivity contribution in [2.45, 2.75) is 13.0 Å². The SMILES string of the molecule is CNC(=O)c1ccc(N[C@@H](C)c2ccc(Cl)cc2Cl)nn1. The molecule has 0 saturated heterocycles. The monoisotopic (exact) mass is 324 g/mol. The summed E-state index contributed by atoms with van der Waals surface area (Å²) in [6, 6.07) is 8.55. The number of hydrogen-bond donors (Lipinski definition) is 2. The predicted molar refractivity (Wildman–Crippen MR) is 83.9 cm³/mol. The molecule has 1 heterocycles. The van der Waals surface area contributed by atoms with Gasteiger partial charge in [-0.2, -0.15) is 0 Å². The minimum absolute atomic E-state index is 0.0741. The molecule has 0 radical (unpaired) electrons. The first-order chi connectivity index (χ1) is 10.0. The summed E-state index contributed by atoms with van der Waals surface area (Å²) in [5, 5.41) is 14.7. The van der Waals surface area contributed by atoms with E-state index in [2.05, 4.69) is 20.8 Å². The number of nitrogens with zero attached hydrogens (tertiary/aromatic N) is 2. The number of amides is 1. The second-order valence-electron chi connectivity index (χ2n) is 4.41. The Morgan fingerprint density at radius 2 is 1.95 bits per heavy atom. The zero-order valence-corrected chi connectivity index (χ0v) is 13.0. The van der Waals surface area contributed by atoms with E-state index in [0.717, 1.165) is 5.56 Å². The van der Waals surface area contributed by atoms with Crippen LogP contribution in [-0.2, 0) is 0 Å². The molecule has 1 amide bonds. The maximum Gasteiger partial charge on any atom is 0.271 e. The Balaban J connectivity index is 2.12. The average molecular weight is 325 g/mol. The van der Waals surface area contributed by atoms with E-state index in [0.29, 0.717) is 15.9 Å². The highest BCUT2D eigenvalue weighted by Gasteiger charge is 2.12. The topological polar surface area (TPSA) is 66.9 Å². The minimum atomic E-state index is -0.275. The fourth-order valence-corrected chi connectivity index (χ4v) is 2.38. The number of aromatic nitrogens is 2. The van der Waals surface area contributed by atoms with Crippen molar-refractivity contribution >= 4 is 34.9 Å². The summed E-state index contributed by atoms with van der Waals surface area (Å²) >= 11 is 12.0. The Bertz CT molecular complexity index is 646. The fraction of sp³-hybridized carbons (Fsp3) is 0.214. The molecule has 1 aromatic carbocycles. The van der Waals surface area contributed by atoms with Crippen LogP contribution in [0.2, 0.25) is 10.0 Å². The lowest BCUT2D eigenvalue weighted by molar-refractivity contribution is 0.0957. The average Bonchev–Trinajstić information content (AvgIpc) is 2.47. The highest BCUT2D eigenvalue weighted by molar-refractivity contribution is 6.35. The van der Waals surface area contributed by atoms with E-state index in [1.165, 1.54) is 0 Å². The normalized spacial score (nSPS) is 11.8. The molecule has 5 nitrogen and oxygen atoms in total. The molecule has 0 aliphatic rings. The molecule has 0 bridgehead atoms. The first kappa shape index (κ1) is 15.5. The molecule has 1 aromatic heterocycles. The van der Waals surface area contributed by atoms with Crippen molar-refractivity contribution in [2.75, 3.05) is 12.4 Å². The third-order valence-electron chi connectivity index (χ3n) is 2.92. The molecule has 21 heavy (non-hydrogen) atoms. The number of benzene rings is 1. The van der Waals surface area contributed by atoms with Crippen LogP contribution in [0, 0.1) is 0 Å². The molecule has 0 spiro atoms. The van der Waals surface area contributed by atoms with Crippen LogP contribution >= 0.6 is 23.2 Å². The Kier molecular flexibility index (Phi) is 4.98. The lowest BCUT2D eigenvalue weighted by Crippen LogP contribution is -2.20. The first-order valence-electron chi connectivity index (χ1n) is 6.28. The van der Waals surface area contributed by atoms with Crippen LogP contribution in [0.25, 0.3) is 0 Å². The van der Waals surface area contributed by atoms with Crippen molar-refractivity contribution in [3.05, 3.63) is 51.6 Å². The van der Waals surface area contributed by atoms with Gasteiger partial charge < -0.3 is 10.6 Å². The minimum Gasteiger partial charge on any atom is -0.362 e. The van der Waals surface area contributed by atoms with Gasteiger partial charge in [-0.05, 0) is 36.8 Å². The molecule has 2 N–H and O–H groups in total. The predicted octanol–water partition coefficient (Wildman–Crippen LogP) is 3.32. The van der Waals surface area contributed by atoms with E-state index in [9.17, 15) is 4.79 Å². The van der Waals surface area contributed by atoms with Crippen molar-refractivity contribution in [1.82, 2.24) is 15.5 Å². The summed E-state index contributed by atoms with van der Waals surface area (Å²) < 4.78 is 0. The van der Waals surface area contributed by atoms with Crippen molar-refractivity contribution in [3.63, 3.8) is 0 Å². The number of carbonyl (C=O) groups excluding carboxylic acids is 1. The standard InChI is InChI=1S/C14H14Cl2N4O/c1-8(10-4-3-9(15)7-11(10)16)18-13-6-5-12(19-20-13)14(21)17-2/h3-8H,1-2H3,(H,17,21)(H,18,20)/t8-/m0/s1. The summed E-state index contributed by atoms with van der Waals surface area (Å²) in [5.41, 5.74) is 1.17. The van der Waals surface area contributed by atoms with Crippen LogP contribution in [0.1, 0.15) is 29.0 Å². The lowest BCUT2D eigenvalue weighted by atomic mass is 10.1. The van der Waals surface area contributed by atoms with Gasteiger partial charge in [0, 0.05) is 17.1 Å². The number of anilines is 1. The quantitative estimate of drug-likeness (QED) is 0.905. The van der Waals surface area contributed by atoms with Crippen LogP contribution in [0.15, 0.2) is 30.3 Å². The molecule has 1 atom stereocenters. The van der Waals surface area contributed by atoms with Gasteiger partial charge in [0.15, 0.2) is 5.69 Å². The number of halogens is 2. The molecule has 0 fully saturated rings. The molecule has 0 unspecified atom stereocenters. The van der Waals surface area contributed by atoms with Gasteiger partial charge in [0.05, 0.1) is 6.04 Å². The molecule has 2 rings (SSSR count). The summed E-state index contributed by atoms with van der Waals surface area (Å²) in [6.45, 7) is 1.95. The molecule has 0 aliphatic heterocycles. The van der Waals surface area contributed by atoms with Crippen LogP contribution in [0.5, 0.6) is 0 Å². The van der Waals surface area contributed by atoms with Gasteiger partial charge in [-0.15, -0.1) is 10.2 Å². The third kappa shape index (κ3) is 3.83. The van der Waals surface area contributed by atoms with Gasteiger partial charge in [0.1, 0.15) is 5.82 Å². The maximum absolute atomic E-state index is 11.4. The van der Waals surface area contributed by atoms with E-state index < -0.39 is 0 Å². The van der Waals surface area contributed by atoms with Crippen LogP contribution in [0.4, 0.5) is 5.82 Å². The van der Waals surface area contributed by atoms with Crippen molar-refractivity contribution in [2.24, 2.45) is 0 Å². The number of rotatable bonds is 4. The Morgan fingerprint density at radius 1 is 1.19 bits per heavy atom. The molecule has 0 saturated carbocycles. The first-order valence-corrected chi connectivity index (χ1v) is 7.04. The van der Waals surface area contributed by atoms with Crippen LogP contribution in [-0.4, -0.2) is 23.2 Å². The van der Waals surface area contributed by atoms with Crippen LogP contribution < -0.4 is 10.6 Å². The Hall–Kier alpha value is -1.85. The van der Waals surface area contributed by atoms with E-state index in [1.54, 1.807) is 31.3 Å². The third-order valence-corrected chi connectivity index (χ3v) is 3.48. The molecule has 0 aliphatic carbocycles. The Labute approximate surface area is 132 Å². The molecule has 7 heteroatoms. The lowest BCUT2D eigenvalue weighted by Gasteiger charge is -2.16. The van der Waals surface area contributed by atoms with Gasteiger partial charge in [-0.3, -0.25) is 4.79 Å². The molecular formula is C14H14Cl2N4O. The van der Waals surface area contributed by atoms with Gasteiger partial charge in [0.2, 0.25) is 0 Å². The summed E-state index contributed by atoms with van der Waals surface area (Å²) in [7, 11) is 1.54. The van der Waals surface area contributed by atoms with E-state index in [1.807, 2.05) is 13.0 Å². The Morgan fingerprint density at radius 3 is 2.52 bits per heavy atom. The summed E-state index contributed by atoms with van der Waals surface area (Å²) in [6.07, 6.45) is 0. The van der Waals surface area contributed by atoms with Crippen molar-refractivity contribution < 1.29 is 4.79 Å². The largest absolute Gasteiger partial charge is 0.362 e. The zero-order valence-electron chi connectivity index (χ0n) is 11.5. The molecule has 110 valence electrons. The molecule has 2 aromatic rings. The maximum atomic E-state index is 11.4. The summed E-state index contributed by atoms with van der Waals surface area (Å²) in [4.78, 5) is 11.4. The number of nitrogens with one attached hydrogen (secondary N) is 2. The number of hydrogen-bond acceptors (Lipinski definition) is 4. The zero-order chi connectivity index (χ0) is 15.4. The van der Waals surface area contributed by atoms with E-state index in [4.69, 9.17) is 23.2 Å². The van der Waals surface area contributed by atoms with Crippen LogP contribution in [0.3, 0.4) is 0 Å². The van der Waals surface area contributed by atoms with Crippen molar-refractivity contribution in [3.8, 4) is 0 Å². The smallest absolute Gasteiger partial charge is 0.271 e. The fourth-order valence-electron chi connectivity index (χ4n) is 1.81. The van der Waals surface area contributed by atoms with Crippen molar-refractivity contribution in [1.29, 1.82) is 0 Å². The van der Waals surface area contributed by atoms with Gasteiger partial charge >= 0.3 is 0 Å². The highest BCUT2D eigenvalue weighted by Crippen LogP contribution is 2.27. The number of carbonyl (C=O) groups is 1. The van der Waals surface area contributed by atoms with E-state index >= 15 is 0 Å². The van der Waals surface area contributed by atoms with Gasteiger partial charge in [-0.1, -0.05) is 29.3 Å². The van der Waals surface area contributed by atoms with Gasteiger partial charge in [-0.25, -0.2) is 0 Å². The summed E-state index contributed by atoms with van der Waals surface area (Å²) in [5.74, 6) is 0.281. The van der Waals surface area contributed by atoms with Gasteiger partial charge in [0.25, 0.3) is 5.91 Å². The highest BCUT2D eigenvalue weighted by atomic mass is 35.5. The van der Waals surface area contributed by atoms with E-state index in [-0.39, 0.29) is 17.6 Å². The second kappa shape index (κ2) is 6.74.